The molecule has 12 heavy (non-hydrogen) atoms. The average molecular weight is 211 g/mol. The third-order valence-corrected chi connectivity index (χ3v) is 0.744. The van der Waals surface area contributed by atoms with Gasteiger partial charge in [0, 0.05) is 6.42 Å². The predicted molar refractivity (Wildman–Crippen MR) is 48.9 cm³/mol. The van der Waals surface area contributed by atoms with Gasteiger partial charge in [0.2, 0.25) is 0 Å². The highest BCUT2D eigenvalue weighted by molar-refractivity contribution is 5.85. The maximum atomic E-state index is 9.76. The number of carboxylic acid groups (broad SMARTS) is 1. The number of carbonyl (C=O) groups is 1. The van der Waals surface area contributed by atoms with Crippen molar-refractivity contribution < 1.29 is 31.8 Å². The van der Waals surface area contributed by atoms with E-state index in [1.54, 1.807) is 0 Å². The van der Waals surface area contributed by atoms with Crippen molar-refractivity contribution in [2.75, 3.05) is 0 Å². The molecule has 0 aromatic carbocycles. The molecule has 0 aliphatic carbocycles. The molecule has 6 nitrogen and oxygen atoms in total. The molecule has 0 radical (unpaired) electrons. The monoisotopic (exact) mass is 210 g/mol. The third-order valence-electron chi connectivity index (χ3n) is 0.744. The Labute approximate surface area is 77.2 Å². The number of halogens is 1. The van der Waals surface area contributed by atoms with Gasteiger partial charge in [0.1, 0.15) is 0 Å². The van der Waals surface area contributed by atoms with Crippen LogP contribution < -0.4 is 0 Å². The van der Waals surface area contributed by atoms with Crippen LogP contribution in [-0.4, -0.2) is 33.0 Å². The predicted octanol–water partition coefficient (Wildman–Crippen LogP) is -1.62. The van der Waals surface area contributed by atoms with E-state index in [1.807, 2.05) is 6.92 Å². The fourth-order valence-corrected chi connectivity index (χ4v) is 0.328. The van der Waals surface area contributed by atoms with Gasteiger partial charge in [-0.05, 0) is 6.42 Å². The molecule has 0 unspecified atom stereocenters. The van der Waals surface area contributed by atoms with Crippen LogP contribution in [0.2, 0.25) is 0 Å². The summed E-state index contributed by atoms with van der Waals surface area (Å²) >= 11 is 0. The third kappa shape index (κ3) is 54.8. The molecule has 0 aromatic rings. The molecule has 0 saturated carbocycles. The summed E-state index contributed by atoms with van der Waals surface area (Å²) in [5, 5.41) is 8.04. The fraction of sp³-hybridized carbons (Fsp3) is 0.800. The van der Waals surface area contributed by atoms with Crippen LogP contribution in [0.5, 0.6) is 0 Å². The van der Waals surface area contributed by atoms with E-state index in [4.69, 9.17) is 5.11 Å². The second-order valence-corrected chi connectivity index (χ2v) is 1.50. The first-order chi connectivity index (χ1) is 3.27. The summed E-state index contributed by atoms with van der Waals surface area (Å²) in [7, 11) is 0. The first-order valence-electron chi connectivity index (χ1n) is 2.49. The number of hydrogen-bond donors (Lipinski definition) is 1. The van der Waals surface area contributed by atoms with E-state index in [2.05, 4.69) is 0 Å². The zero-order valence-electron chi connectivity index (χ0n) is 6.89. The molecule has 0 atom stereocenters. The van der Waals surface area contributed by atoms with Crippen molar-refractivity contribution in [2.45, 2.75) is 26.2 Å². The Kier molecular flexibility index (Phi) is 108. The van der Waals surface area contributed by atoms with E-state index in [9.17, 15) is 4.79 Å². The van der Waals surface area contributed by atoms with Crippen LogP contribution >= 0.6 is 12.4 Å². The summed E-state index contributed by atoms with van der Waals surface area (Å²) in [6.45, 7) is 1.98. The maximum absolute atomic E-state index is 9.76. The molecule has 0 rings (SSSR count). The first-order valence-corrected chi connectivity index (χ1v) is 2.49. The summed E-state index contributed by atoms with van der Waals surface area (Å²) in [6.07, 6.45) is 2.08. The van der Waals surface area contributed by atoms with Crippen molar-refractivity contribution in [3.05, 3.63) is 0 Å². The van der Waals surface area contributed by atoms with Crippen molar-refractivity contribution in [3.8, 4) is 0 Å². The lowest BCUT2D eigenvalue weighted by Gasteiger charge is -1.85. The Bertz CT molecular complexity index is 69.0. The van der Waals surface area contributed by atoms with Gasteiger partial charge >= 0.3 is 5.97 Å². The topological polar surface area (TPSA) is 163 Å². The lowest BCUT2D eigenvalue weighted by Crippen LogP contribution is -1.91. The lowest BCUT2D eigenvalue weighted by molar-refractivity contribution is -0.137. The van der Waals surface area contributed by atoms with E-state index in [1.165, 1.54) is 0 Å². The Morgan fingerprint density at radius 1 is 1.17 bits per heavy atom. The van der Waals surface area contributed by atoms with E-state index >= 15 is 0 Å². The molecule has 9 N–H and O–H groups in total. The van der Waals surface area contributed by atoms with Crippen LogP contribution in [0.4, 0.5) is 0 Å². The van der Waals surface area contributed by atoms with Crippen LogP contribution in [0.1, 0.15) is 26.2 Å². The minimum atomic E-state index is -0.693. The number of hydrogen-bond acceptors (Lipinski definition) is 1. The molecule has 0 saturated heterocycles. The van der Waals surface area contributed by atoms with Crippen molar-refractivity contribution in [1.82, 2.24) is 0 Å². The molecule has 0 amide bonds. The molecular weight excluding hydrogens is 192 g/mol. The van der Waals surface area contributed by atoms with Crippen LogP contribution in [0.25, 0.3) is 0 Å². The number of aliphatic carboxylic acids is 1. The minimum Gasteiger partial charge on any atom is -0.481 e. The van der Waals surface area contributed by atoms with Crippen molar-refractivity contribution in [3.63, 3.8) is 0 Å². The SMILES string of the molecule is CCCCC(=O)O.Cl.O.O.O.O. The van der Waals surface area contributed by atoms with Crippen LogP contribution in [0.3, 0.4) is 0 Å². The maximum Gasteiger partial charge on any atom is 0.303 e. The first kappa shape index (κ1) is 41.6. The Morgan fingerprint density at radius 3 is 1.58 bits per heavy atom. The summed E-state index contributed by atoms with van der Waals surface area (Å²) in [6, 6.07) is 0. The molecule has 0 aliphatic heterocycles. The van der Waals surface area contributed by atoms with E-state index in [0.717, 1.165) is 12.8 Å². The van der Waals surface area contributed by atoms with Gasteiger partial charge in [-0.25, -0.2) is 0 Å². The molecule has 0 spiro atoms. The van der Waals surface area contributed by atoms with Gasteiger partial charge in [0.15, 0.2) is 0 Å². The van der Waals surface area contributed by atoms with Crippen molar-refractivity contribution >= 4 is 18.4 Å². The summed E-state index contributed by atoms with van der Waals surface area (Å²) < 4.78 is 0. The fourth-order valence-electron chi connectivity index (χ4n) is 0.328. The molecular formula is C5H19ClO6. The van der Waals surface area contributed by atoms with Crippen LogP contribution in [-0.2, 0) is 4.79 Å². The van der Waals surface area contributed by atoms with Gasteiger partial charge in [0.25, 0.3) is 0 Å². The Balaban J connectivity index is -0.0000000180. The Morgan fingerprint density at radius 2 is 1.50 bits per heavy atom. The van der Waals surface area contributed by atoms with Crippen molar-refractivity contribution in [1.29, 1.82) is 0 Å². The zero-order chi connectivity index (χ0) is 5.70. The molecule has 7 heteroatoms. The molecule has 0 heterocycles. The number of carboxylic acids is 1. The van der Waals surface area contributed by atoms with E-state index < -0.39 is 5.97 Å². The van der Waals surface area contributed by atoms with Gasteiger partial charge in [0.05, 0.1) is 0 Å². The highest BCUT2D eigenvalue weighted by Gasteiger charge is 1.90. The molecule has 0 aliphatic rings. The van der Waals surface area contributed by atoms with Gasteiger partial charge in [-0.3, -0.25) is 4.79 Å². The van der Waals surface area contributed by atoms with Gasteiger partial charge in [-0.15, -0.1) is 12.4 Å². The van der Waals surface area contributed by atoms with Crippen LogP contribution in [0, 0.1) is 0 Å². The largest absolute Gasteiger partial charge is 0.481 e. The molecule has 0 aromatic heterocycles. The second kappa shape index (κ2) is 31.2. The number of unbranched alkanes of at least 4 members (excludes halogenated alkanes) is 1. The standard InChI is InChI=1S/C5H10O2.ClH.4H2O/c1-2-3-4-5(6)7;;;;;/h2-4H2,1H3,(H,6,7);1H;4*1H2. The number of rotatable bonds is 3. The lowest BCUT2D eigenvalue weighted by atomic mass is 10.3. The average Bonchev–Trinajstić information content (AvgIpc) is 1.61. The van der Waals surface area contributed by atoms with E-state index in [0.29, 0.717) is 6.42 Å². The Hall–Kier alpha value is -0.400. The molecule has 0 fully saturated rings. The second-order valence-electron chi connectivity index (χ2n) is 1.50. The summed E-state index contributed by atoms with van der Waals surface area (Å²) in [5.41, 5.74) is 0. The van der Waals surface area contributed by atoms with Gasteiger partial charge in [-0.2, -0.15) is 0 Å². The van der Waals surface area contributed by atoms with Gasteiger partial charge in [-0.1, -0.05) is 13.3 Å². The normalized spacial score (nSPS) is 5.08. The smallest absolute Gasteiger partial charge is 0.303 e. The van der Waals surface area contributed by atoms with Crippen LogP contribution in [0.15, 0.2) is 0 Å². The minimum absolute atomic E-state index is 0. The van der Waals surface area contributed by atoms with Crippen molar-refractivity contribution in [2.24, 2.45) is 0 Å². The zero-order valence-corrected chi connectivity index (χ0v) is 7.70. The quantitative estimate of drug-likeness (QED) is 0.593. The summed E-state index contributed by atoms with van der Waals surface area (Å²) in [4.78, 5) is 9.76. The van der Waals surface area contributed by atoms with Gasteiger partial charge < -0.3 is 27.0 Å². The van der Waals surface area contributed by atoms with E-state index in [-0.39, 0.29) is 34.3 Å². The molecule has 82 valence electrons. The molecule has 0 bridgehead atoms. The highest BCUT2D eigenvalue weighted by Crippen LogP contribution is 1.91. The summed E-state index contributed by atoms with van der Waals surface area (Å²) in [5.74, 6) is -0.693. The highest BCUT2D eigenvalue weighted by atomic mass is 35.5.